The molecule has 0 atom stereocenters. The van der Waals surface area contributed by atoms with Gasteiger partial charge in [0, 0.05) is 10.6 Å². The topological polar surface area (TPSA) is 12.0 Å². The van der Waals surface area contributed by atoms with E-state index in [0.717, 1.165) is 11.6 Å². The molecule has 0 saturated heterocycles. The molecular weight excluding hydrogens is 178 g/mol. The van der Waals surface area contributed by atoms with Crippen LogP contribution in [0.5, 0.6) is 0 Å². The average molecular weight is 199 g/mol. The minimum Gasteiger partial charge on any atom is -0.375 e. The molecule has 0 aromatic carbocycles. The van der Waals surface area contributed by atoms with Crippen LogP contribution in [0.15, 0.2) is 35.9 Å². The van der Waals surface area contributed by atoms with E-state index in [-0.39, 0.29) is 0 Å². The predicted octanol–water partition coefficient (Wildman–Crippen LogP) is 3.92. The molecule has 1 heterocycles. The largest absolute Gasteiger partial charge is 0.375 e. The van der Waals surface area contributed by atoms with Gasteiger partial charge >= 0.3 is 0 Å². The van der Waals surface area contributed by atoms with Crippen molar-refractivity contribution in [2.45, 2.75) is 27.7 Å². The van der Waals surface area contributed by atoms with Gasteiger partial charge in [0.1, 0.15) is 0 Å². The monoisotopic (exact) mass is 199 g/mol. The van der Waals surface area contributed by atoms with E-state index in [2.05, 4.69) is 18.5 Å². The van der Waals surface area contributed by atoms with Gasteiger partial charge in [0.05, 0.1) is 5.88 Å². The lowest BCUT2D eigenvalue weighted by atomic mass is 10.4. The van der Waals surface area contributed by atoms with Crippen molar-refractivity contribution in [2.24, 2.45) is 0 Å². The van der Waals surface area contributed by atoms with Crippen molar-refractivity contribution in [1.82, 2.24) is 5.32 Å². The van der Waals surface area contributed by atoms with Crippen LogP contribution < -0.4 is 5.32 Å². The normalized spacial score (nSPS) is 12.9. The quantitative estimate of drug-likeness (QED) is 0.723. The Bertz CT molecular complexity index is 153. The first-order valence-corrected chi connectivity index (χ1v) is 5.73. The van der Waals surface area contributed by atoms with Crippen molar-refractivity contribution < 1.29 is 0 Å². The SMILES string of the molecule is C=CC1=C(C=C)SCN1.CC.CC. The van der Waals surface area contributed by atoms with E-state index in [1.807, 2.05) is 39.8 Å². The summed E-state index contributed by atoms with van der Waals surface area (Å²) in [5.74, 6) is 0.947. The fourth-order valence-corrected chi connectivity index (χ4v) is 1.51. The van der Waals surface area contributed by atoms with Crippen molar-refractivity contribution in [2.75, 3.05) is 5.88 Å². The summed E-state index contributed by atoms with van der Waals surface area (Å²) in [6.07, 6.45) is 3.67. The Balaban J connectivity index is 0. The first-order chi connectivity index (χ1) is 6.38. The van der Waals surface area contributed by atoms with E-state index in [1.54, 1.807) is 11.8 Å². The third-order valence-electron chi connectivity index (χ3n) is 1.15. The highest BCUT2D eigenvalue weighted by atomic mass is 32.2. The van der Waals surface area contributed by atoms with Crippen LogP contribution in [-0.2, 0) is 0 Å². The molecule has 1 aliphatic rings. The van der Waals surface area contributed by atoms with Gasteiger partial charge in [-0.1, -0.05) is 46.9 Å². The number of hydrogen-bond acceptors (Lipinski definition) is 2. The zero-order valence-corrected chi connectivity index (χ0v) is 10.0. The minimum atomic E-state index is 0.947. The Kier molecular flexibility index (Phi) is 13.0. The smallest absolute Gasteiger partial charge is 0.0658 e. The van der Waals surface area contributed by atoms with Crippen LogP contribution in [0, 0.1) is 0 Å². The number of rotatable bonds is 2. The Morgan fingerprint density at radius 3 is 2.00 bits per heavy atom. The maximum atomic E-state index is 3.67. The second-order valence-corrected chi connectivity index (χ2v) is 2.67. The van der Waals surface area contributed by atoms with Crippen molar-refractivity contribution >= 4 is 11.8 Å². The fraction of sp³-hybridized carbons (Fsp3) is 0.455. The standard InChI is InChI=1S/C7H9NS.2C2H6/c1-3-6-7(4-2)9-5-8-6;2*1-2/h3-4,8H,1-2,5H2;2*1-2H3. The Morgan fingerprint density at radius 1 is 1.15 bits per heavy atom. The first-order valence-electron chi connectivity index (χ1n) is 4.74. The van der Waals surface area contributed by atoms with E-state index in [4.69, 9.17) is 0 Å². The summed E-state index contributed by atoms with van der Waals surface area (Å²) in [6.45, 7) is 15.3. The molecule has 0 saturated carbocycles. The van der Waals surface area contributed by atoms with Crippen molar-refractivity contribution in [3.63, 3.8) is 0 Å². The Hall–Kier alpha value is -0.630. The molecule has 0 fully saturated rings. The lowest BCUT2D eigenvalue weighted by molar-refractivity contribution is 1.02. The third kappa shape index (κ3) is 5.58. The second-order valence-electron chi connectivity index (χ2n) is 1.65. The van der Waals surface area contributed by atoms with Crippen molar-refractivity contribution in [1.29, 1.82) is 0 Å². The van der Waals surface area contributed by atoms with Crippen LogP contribution in [0.25, 0.3) is 0 Å². The lowest BCUT2D eigenvalue weighted by Crippen LogP contribution is -2.03. The molecule has 0 spiro atoms. The van der Waals surface area contributed by atoms with Crippen molar-refractivity contribution in [3.05, 3.63) is 35.9 Å². The Labute approximate surface area is 87.0 Å². The molecule has 0 bridgehead atoms. The summed E-state index contributed by atoms with van der Waals surface area (Å²) in [6, 6.07) is 0. The third-order valence-corrected chi connectivity index (χ3v) is 2.13. The highest BCUT2D eigenvalue weighted by molar-refractivity contribution is 8.03. The number of nitrogens with one attached hydrogen (secondary N) is 1. The van der Waals surface area contributed by atoms with Gasteiger partial charge in [0.15, 0.2) is 0 Å². The summed E-state index contributed by atoms with van der Waals surface area (Å²) in [5, 5.41) is 3.16. The molecule has 76 valence electrons. The molecule has 0 radical (unpaired) electrons. The molecule has 2 heteroatoms. The molecule has 0 aromatic rings. The van der Waals surface area contributed by atoms with Crippen molar-refractivity contribution in [3.8, 4) is 0 Å². The highest BCUT2D eigenvalue weighted by Crippen LogP contribution is 2.24. The zero-order valence-electron chi connectivity index (χ0n) is 9.18. The Morgan fingerprint density at radius 2 is 1.69 bits per heavy atom. The van der Waals surface area contributed by atoms with E-state index < -0.39 is 0 Å². The van der Waals surface area contributed by atoms with Gasteiger partial charge < -0.3 is 5.32 Å². The van der Waals surface area contributed by atoms with Gasteiger partial charge in [-0.2, -0.15) is 0 Å². The average Bonchev–Trinajstić information content (AvgIpc) is 2.70. The number of hydrogen-bond donors (Lipinski definition) is 1. The maximum absolute atomic E-state index is 3.67. The molecule has 1 aliphatic heterocycles. The summed E-state index contributed by atoms with van der Waals surface area (Å²) < 4.78 is 0. The highest BCUT2D eigenvalue weighted by Gasteiger charge is 2.06. The van der Waals surface area contributed by atoms with Gasteiger partial charge in [-0.15, -0.1) is 11.8 Å². The number of allylic oxidation sites excluding steroid dienone is 2. The van der Waals surface area contributed by atoms with Gasteiger partial charge in [-0.05, 0) is 6.08 Å². The van der Waals surface area contributed by atoms with Crippen LogP contribution in [0.2, 0.25) is 0 Å². The zero-order chi connectivity index (χ0) is 10.7. The van der Waals surface area contributed by atoms with Crippen LogP contribution in [-0.4, -0.2) is 5.88 Å². The summed E-state index contributed by atoms with van der Waals surface area (Å²) >= 11 is 1.75. The molecule has 0 aliphatic carbocycles. The van der Waals surface area contributed by atoms with E-state index in [1.165, 1.54) is 4.91 Å². The molecule has 13 heavy (non-hydrogen) atoms. The second kappa shape index (κ2) is 11.4. The van der Waals surface area contributed by atoms with E-state index in [9.17, 15) is 0 Å². The molecule has 0 unspecified atom stereocenters. The summed E-state index contributed by atoms with van der Waals surface area (Å²) in [4.78, 5) is 1.20. The van der Waals surface area contributed by atoms with Gasteiger partial charge in [0.2, 0.25) is 0 Å². The lowest BCUT2D eigenvalue weighted by Gasteiger charge is -1.92. The first kappa shape index (κ1) is 14.9. The molecule has 1 N–H and O–H groups in total. The van der Waals surface area contributed by atoms with Crippen LogP contribution in [0.3, 0.4) is 0 Å². The van der Waals surface area contributed by atoms with E-state index >= 15 is 0 Å². The van der Waals surface area contributed by atoms with Gasteiger partial charge in [-0.25, -0.2) is 0 Å². The summed E-state index contributed by atoms with van der Waals surface area (Å²) in [7, 11) is 0. The van der Waals surface area contributed by atoms with Gasteiger partial charge in [0.25, 0.3) is 0 Å². The van der Waals surface area contributed by atoms with Crippen LogP contribution in [0.4, 0.5) is 0 Å². The minimum absolute atomic E-state index is 0.947. The fourth-order valence-electron chi connectivity index (χ4n) is 0.698. The molecule has 0 amide bonds. The number of thioether (sulfide) groups is 1. The molecular formula is C11H21NS. The molecule has 0 aromatic heterocycles. The predicted molar refractivity (Wildman–Crippen MR) is 65.7 cm³/mol. The van der Waals surface area contributed by atoms with Gasteiger partial charge in [-0.3, -0.25) is 0 Å². The van der Waals surface area contributed by atoms with E-state index in [0.29, 0.717) is 0 Å². The van der Waals surface area contributed by atoms with Crippen LogP contribution >= 0.6 is 11.8 Å². The summed E-state index contributed by atoms with van der Waals surface area (Å²) in [5.41, 5.74) is 1.11. The maximum Gasteiger partial charge on any atom is 0.0658 e. The molecule has 1 nitrogen and oxygen atoms in total. The van der Waals surface area contributed by atoms with Crippen LogP contribution in [0.1, 0.15) is 27.7 Å². The molecule has 1 rings (SSSR count).